The molecule has 0 atom stereocenters. The molecule has 0 spiro atoms. The predicted octanol–water partition coefficient (Wildman–Crippen LogP) is 1.83. The van der Waals surface area contributed by atoms with Gasteiger partial charge in [0.2, 0.25) is 5.13 Å². The van der Waals surface area contributed by atoms with Gasteiger partial charge in [0.1, 0.15) is 5.01 Å². The van der Waals surface area contributed by atoms with Crippen LogP contribution in [-0.2, 0) is 6.54 Å². The molecule has 2 rings (SSSR count). The Morgan fingerprint density at radius 1 is 1.50 bits per heavy atom. The molecule has 0 aliphatic heterocycles. The third-order valence-electron chi connectivity index (χ3n) is 1.86. The first kappa shape index (κ1) is 11.9. The molecule has 0 fully saturated rings. The summed E-state index contributed by atoms with van der Waals surface area (Å²) in [4.78, 5) is 0. The van der Waals surface area contributed by atoms with Gasteiger partial charge in [-0.25, -0.2) is 4.68 Å². The van der Waals surface area contributed by atoms with Gasteiger partial charge in [0, 0.05) is 18.8 Å². The molecular formula is C9H12IN5S. The monoisotopic (exact) mass is 349 g/mol. The molecule has 0 saturated heterocycles. The van der Waals surface area contributed by atoms with E-state index in [-0.39, 0.29) is 0 Å². The third-order valence-corrected chi connectivity index (χ3v) is 3.33. The van der Waals surface area contributed by atoms with Gasteiger partial charge < -0.3 is 5.32 Å². The molecule has 1 N–H and O–H groups in total. The molecule has 2 heterocycles. The van der Waals surface area contributed by atoms with Gasteiger partial charge in [0.05, 0.1) is 9.77 Å². The Morgan fingerprint density at radius 3 is 2.94 bits per heavy atom. The van der Waals surface area contributed by atoms with E-state index in [0.29, 0.717) is 6.04 Å². The first-order chi connectivity index (χ1) is 7.65. The molecular weight excluding hydrogens is 337 g/mol. The van der Waals surface area contributed by atoms with Crippen LogP contribution in [0.5, 0.6) is 0 Å². The summed E-state index contributed by atoms with van der Waals surface area (Å²) >= 11 is 3.77. The quantitative estimate of drug-likeness (QED) is 0.856. The first-order valence-corrected chi connectivity index (χ1v) is 6.81. The summed E-state index contributed by atoms with van der Waals surface area (Å²) in [6.45, 7) is 4.98. The lowest BCUT2D eigenvalue weighted by atomic mass is 10.4. The molecule has 86 valence electrons. The van der Waals surface area contributed by atoms with E-state index in [2.05, 4.69) is 57.1 Å². The van der Waals surface area contributed by atoms with Crippen molar-refractivity contribution >= 4 is 33.9 Å². The van der Waals surface area contributed by atoms with E-state index >= 15 is 0 Å². The molecule has 0 aliphatic rings. The topological polar surface area (TPSA) is 55.6 Å². The van der Waals surface area contributed by atoms with Crippen molar-refractivity contribution in [1.82, 2.24) is 25.3 Å². The zero-order valence-corrected chi connectivity index (χ0v) is 12.0. The van der Waals surface area contributed by atoms with Crippen molar-refractivity contribution in [3.63, 3.8) is 0 Å². The summed E-state index contributed by atoms with van der Waals surface area (Å²) in [7, 11) is 0. The average molecular weight is 349 g/mol. The van der Waals surface area contributed by atoms with Gasteiger partial charge in [-0.15, -0.1) is 10.2 Å². The van der Waals surface area contributed by atoms with Gasteiger partial charge >= 0.3 is 0 Å². The maximum Gasteiger partial charge on any atom is 0.232 e. The summed E-state index contributed by atoms with van der Waals surface area (Å²) in [6.07, 6.45) is 3.73. The average Bonchev–Trinajstić information content (AvgIpc) is 2.83. The molecule has 5 nitrogen and oxygen atoms in total. The van der Waals surface area contributed by atoms with Crippen LogP contribution in [-0.4, -0.2) is 26.0 Å². The fourth-order valence-electron chi connectivity index (χ4n) is 1.11. The van der Waals surface area contributed by atoms with E-state index in [4.69, 9.17) is 0 Å². The molecule has 0 saturated carbocycles. The Bertz CT molecular complexity index is 464. The lowest BCUT2D eigenvalue weighted by molar-refractivity contribution is 0.584. The van der Waals surface area contributed by atoms with Crippen LogP contribution in [0.3, 0.4) is 0 Å². The van der Waals surface area contributed by atoms with Crippen molar-refractivity contribution in [2.75, 3.05) is 0 Å². The SMILES string of the molecule is CC(C)NCc1nnc(-n2cc(I)cn2)s1. The second-order valence-electron chi connectivity index (χ2n) is 3.62. The summed E-state index contributed by atoms with van der Waals surface area (Å²) < 4.78 is 2.84. The number of halogens is 1. The normalized spacial score (nSPS) is 11.2. The summed E-state index contributed by atoms with van der Waals surface area (Å²) in [5.41, 5.74) is 0. The fraction of sp³-hybridized carbons (Fsp3) is 0.444. The van der Waals surface area contributed by atoms with E-state index in [1.807, 2.05) is 6.20 Å². The smallest absolute Gasteiger partial charge is 0.232 e. The van der Waals surface area contributed by atoms with Crippen molar-refractivity contribution < 1.29 is 0 Å². The van der Waals surface area contributed by atoms with Crippen LogP contribution in [0.2, 0.25) is 0 Å². The van der Waals surface area contributed by atoms with Gasteiger partial charge in [-0.05, 0) is 22.6 Å². The molecule has 2 aromatic heterocycles. The number of hydrogen-bond donors (Lipinski definition) is 1. The number of nitrogens with one attached hydrogen (secondary N) is 1. The molecule has 0 aliphatic carbocycles. The maximum absolute atomic E-state index is 4.19. The highest BCUT2D eigenvalue weighted by Crippen LogP contribution is 2.15. The first-order valence-electron chi connectivity index (χ1n) is 4.91. The molecule has 0 bridgehead atoms. The largest absolute Gasteiger partial charge is 0.308 e. The highest BCUT2D eigenvalue weighted by Gasteiger charge is 2.07. The number of aromatic nitrogens is 4. The molecule has 7 heteroatoms. The van der Waals surface area contributed by atoms with Crippen LogP contribution < -0.4 is 5.32 Å². The van der Waals surface area contributed by atoms with Crippen molar-refractivity contribution in [2.45, 2.75) is 26.4 Å². The Kier molecular flexibility index (Phi) is 3.87. The molecule has 0 unspecified atom stereocenters. The van der Waals surface area contributed by atoms with E-state index in [0.717, 1.165) is 20.3 Å². The standard InChI is InChI=1S/C9H12IN5S/c1-6(2)11-4-8-13-14-9(16-8)15-5-7(10)3-12-15/h3,5-6,11H,4H2,1-2H3. The number of nitrogens with zero attached hydrogens (tertiary/aromatic N) is 4. The van der Waals surface area contributed by atoms with Crippen molar-refractivity contribution in [3.8, 4) is 5.13 Å². The molecule has 16 heavy (non-hydrogen) atoms. The minimum absolute atomic E-state index is 0.456. The zero-order chi connectivity index (χ0) is 11.5. The summed E-state index contributed by atoms with van der Waals surface area (Å²) in [5.74, 6) is 0. The van der Waals surface area contributed by atoms with Crippen LogP contribution in [0, 0.1) is 3.57 Å². The van der Waals surface area contributed by atoms with Crippen LogP contribution in [0.1, 0.15) is 18.9 Å². The van der Waals surface area contributed by atoms with E-state index in [9.17, 15) is 0 Å². The third kappa shape index (κ3) is 2.98. The van der Waals surface area contributed by atoms with Crippen molar-refractivity contribution in [3.05, 3.63) is 21.0 Å². The van der Waals surface area contributed by atoms with Crippen LogP contribution >= 0.6 is 33.9 Å². The van der Waals surface area contributed by atoms with E-state index < -0.39 is 0 Å². The summed E-state index contributed by atoms with van der Waals surface area (Å²) in [6, 6.07) is 0.456. The zero-order valence-electron chi connectivity index (χ0n) is 9.01. The fourth-order valence-corrected chi connectivity index (χ4v) is 2.22. The van der Waals surface area contributed by atoms with E-state index in [1.54, 1.807) is 22.2 Å². The molecule has 0 aromatic carbocycles. The van der Waals surface area contributed by atoms with Crippen molar-refractivity contribution in [2.24, 2.45) is 0 Å². The van der Waals surface area contributed by atoms with Crippen LogP contribution in [0.25, 0.3) is 5.13 Å². The lowest BCUT2D eigenvalue weighted by Crippen LogP contribution is -2.21. The minimum Gasteiger partial charge on any atom is -0.308 e. The Balaban J connectivity index is 2.07. The Hall–Kier alpha value is -0.540. The Morgan fingerprint density at radius 2 is 2.31 bits per heavy atom. The minimum atomic E-state index is 0.456. The second-order valence-corrected chi connectivity index (χ2v) is 5.90. The predicted molar refractivity (Wildman–Crippen MR) is 71.7 cm³/mol. The van der Waals surface area contributed by atoms with Gasteiger partial charge in [-0.1, -0.05) is 25.2 Å². The highest BCUT2D eigenvalue weighted by molar-refractivity contribution is 14.1. The van der Waals surface area contributed by atoms with E-state index in [1.165, 1.54) is 0 Å². The van der Waals surface area contributed by atoms with Gasteiger partial charge in [-0.3, -0.25) is 0 Å². The van der Waals surface area contributed by atoms with Gasteiger partial charge in [-0.2, -0.15) is 5.10 Å². The summed E-state index contributed by atoms with van der Waals surface area (Å²) in [5, 5.41) is 17.5. The van der Waals surface area contributed by atoms with Crippen LogP contribution in [0.4, 0.5) is 0 Å². The highest BCUT2D eigenvalue weighted by atomic mass is 127. The molecule has 0 amide bonds. The van der Waals surface area contributed by atoms with Gasteiger partial charge in [0.15, 0.2) is 0 Å². The maximum atomic E-state index is 4.19. The van der Waals surface area contributed by atoms with Crippen molar-refractivity contribution in [1.29, 1.82) is 0 Å². The second kappa shape index (κ2) is 5.19. The van der Waals surface area contributed by atoms with Gasteiger partial charge in [0.25, 0.3) is 0 Å². The lowest BCUT2D eigenvalue weighted by Gasteiger charge is -2.03. The number of rotatable bonds is 4. The number of hydrogen-bond acceptors (Lipinski definition) is 5. The molecule has 2 aromatic rings. The Labute approximate surface area is 111 Å². The van der Waals surface area contributed by atoms with Crippen LogP contribution in [0.15, 0.2) is 12.4 Å². The molecule has 0 radical (unpaired) electrons.